The standard InChI is InChI=1S/C30H15N3S/c1-2-7-17-16(6-1)12-14-23-26(17)27-24(34-23)15-13-22-25(27)18-8-5-9-19-28-30(33(22)29(18)19)32-21-11-4-3-10-20(21)31-28/h1-15H. The fourth-order valence-electron chi connectivity index (χ4n) is 5.92. The Balaban J connectivity index is 1.61. The van der Waals surface area contributed by atoms with Gasteiger partial charge < -0.3 is 0 Å². The molecule has 156 valence electrons. The summed E-state index contributed by atoms with van der Waals surface area (Å²) in [6.07, 6.45) is 0. The Kier molecular flexibility index (Phi) is 2.94. The predicted octanol–water partition coefficient (Wildman–Crippen LogP) is 8.30. The van der Waals surface area contributed by atoms with E-state index in [1.807, 2.05) is 35.6 Å². The van der Waals surface area contributed by atoms with Crippen molar-refractivity contribution in [1.82, 2.24) is 14.4 Å². The lowest BCUT2D eigenvalue weighted by atomic mass is 10.00. The minimum absolute atomic E-state index is 0.928. The van der Waals surface area contributed by atoms with E-state index in [1.54, 1.807) is 0 Å². The van der Waals surface area contributed by atoms with Crippen molar-refractivity contribution in [2.45, 2.75) is 0 Å². The number of hydrogen-bond acceptors (Lipinski definition) is 3. The Morgan fingerprint density at radius 3 is 2.24 bits per heavy atom. The molecule has 9 rings (SSSR count). The molecule has 0 aliphatic heterocycles. The Morgan fingerprint density at radius 1 is 0.559 bits per heavy atom. The molecule has 0 saturated heterocycles. The van der Waals surface area contributed by atoms with Gasteiger partial charge in [0.05, 0.1) is 22.1 Å². The SMILES string of the molecule is c1ccc2c(c1)ccc1sc3ccc4c(c5cccc6c7nc8ccccc8nc7n4c65)c3c12. The highest BCUT2D eigenvalue weighted by Gasteiger charge is 2.22. The van der Waals surface area contributed by atoms with E-state index >= 15 is 0 Å². The van der Waals surface area contributed by atoms with Crippen molar-refractivity contribution in [3.8, 4) is 0 Å². The number of aromatic nitrogens is 3. The maximum absolute atomic E-state index is 5.10. The molecule has 0 spiro atoms. The molecule has 0 aliphatic rings. The smallest absolute Gasteiger partial charge is 0.165 e. The third-order valence-electron chi connectivity index (χ3n) is 7.29. The number of benzene rings is 5. The molecule has 0 aliphatic carbocycles. The minimum atomic E-state index is 0.928. The molecule has 0 unspecified atom stereocenters. The van der Waals surface area contributed by atoms with Crippen molar-refractivity contribution in [3.63, 3.8) is 0 Å². The average molecular weight is 450 g/mol. The molecular weight excluding hydrogens is 434 g/mol. The Morgan fingerprint density at radius 2 is 1.29 bits per heavy atom. The first-order valence-corrected chi connectivity index (χ1v) is 12.3. The minimum Gasteiger partial charge on any atom is -0.291 e. The molecule has 0 fully saturated rings. The van der Waals surface area contributed by atoms with E-state index in [0.717, 1.165) is 22.2 Å². The van der Waals surface area contributed by atoms with Crippen LogP contribution in [0, 0.1) is 0 Å². The van der Waals surface area contributed by atoms with Gasteiger partial charge in [-0.25, -0.2) is 9.97 Å². The van der Waals surface area contributed by atoms with E-state index in [2.05, 4.69) is 71.1 Å². The van der Waals surface area contributed by atoms with E-state index < -0.39 is 0 Å². The van der Waals surface area contributed by atoms with Gasteiger partial charge in [0, 0.05) is 36.3 Å². The zero-order chi connectivity index (χ0) is 22.0. The predicted molar refractivity (Wildman–Crippen MR) is 145 cm³/mol. The summed E-state index contributed by atoms with van der Waals surface area (Å²) in [5.41, 5.74) is 6.19. The van der Waals surface area contributed by atoms with Crippen LogP contribution in [0.25, 0.3) is 80.3 Å². The summed E-state index contributed by atoms with van der Waals surface area (Å²) < 4.78 is 5.00. The molecule has 4 heteroatoms. The first-order chi connectivity index (χ1) is 16.9. The number of hydrogen-bond donors (Lipinski definition) is 0. The van der Waals surface area contributed by atoms with Gasteiger partial charge in [-0.05, 0) is 41.1 Å². The number of thiophene rings is 1. The van der Waals surface area contributed by atoms with E-state index in [1.165, 1.54) is 58.1 Å². The molecule has 0 saturated carbocycles. The summed E-state index contributed by atoms with van der Waals surface area (Å²) >= 11 is 1.88. The van der Waals surface area contributed by atoms with E-state index in [-0.39, 0.29) is 0 Å². The molecule has 0 radical (unpaired) electrons. The Bertz CT molecular complexity index is 2290. The number of rotatable bonds is 0. The van der Waals surface area contributed by atoms with Crippen molar-refractivity contribution >= 4 is 91.7 Å². The number of nitrogens with zero attached hydrogens (tertiary/aromatic N) is 3. The van der Waals surface area contributed by atoms with Gasteiger partial charge in [0.25, 0.3) is 0 Å². The summed E-state index contributed by atoms with van der Waals surface area (Å²) in [5, 5.41) is 9.07. The van der Waals surface area contributed by atoms with Crippen LogP contribution in [-0.4, -0.2) is 14.4 Å². The maximum Gasteiger partial charge on any atom is 0.165 e. The third-order valence-corrected chi connectivity index (χ3v) is 8.42. The van der Waals surface area contributed by atoms with Crippen molar-refractivity contribution in [2.24, 2.45) is 0 Å². The lowest BCUT2D eigenvalue weighted by Gasteiger charge is -2.03. The Hall–Kier alpha value is -4.28. The van der Waals surface area contributed by atoms with Crippen LogP contribution in [0.3, 0.4) is 0 Å². The summed E-state index contributed by atoms with van der Waals surface area (Å²) in [6.45, 7) is 0. The molecule has 0 atom stereocenters. The molecule has 0 N–H and O–H groups in total. The topological polar surface area (TPSA) is 30.2 Å². The molecule has 4 heterocycles. The van der Waals surface area contributed by atoms with Gasteiger partial charge in [-0.2, -0.15) is 0 Å². The number of para-hydroxylation sites is 3. The van der Waals surface area contributed by atoms with Crippen LogP contribution in [0.5, 0.6) is 0 Å². The van der Waals surface area contributed by atoms with Crippen LogP contribution < -0.4 is 0 Å². The lowest BCUT2D eigenvalue weighted by Crippen LogP contribution is -1.88. The first kappa shape index (κ1) is 17.2. The summed E-state index contributed by atoms with van der Waals surface area (Å²) in [4.78, 5) is 10.1. The highest BCUT2D eigenvalue weighted by Crippen LogP contribution is 2.46. The summed E-state index contributed by atoms with van der Waals surface area (Å²) in [7, 11) is 0. The molecule has 9 aromatic rings. The maximum atomic E-state index is 5.10. The largest absolute Gasteiger partial charge is 0.291 e. The van der Waals surface area contributed by atoms with E-state index in [4.69, 9.17) is 9.97 Å². The molecule has 4 aromatic heterocycles. The highest BCUT2D eigenvalue weighted by atomic mass is 32.1. The van der Waals surface area contributed by atoms with Gasteiger partial charge >= 0.3 is 0 Å². The van der Waals surface area contributed by atoms with Gasteiger partial charge in [-0.15, -0.1) is 11.3 Å². The molecule has 34 heavy (non-hydrogen) atoms. The van der Waals surface area contributed by atoms with Crippen molar-refractivity contribution in [3.05, 3.63) is 91.0 Å². The third kappa shape index (κ3) is 1.91. The van der Waals surface area contributed by atoms with Gasteiger partial charge in [0.15, 0.2) is 5.65 Å². The van der Waals surface area contributed by atoms with Crippen LogP contribution >= 0.6 is 11.3 Å². The summed E-state index contributed by atoms with van der Waals surface area (Å²) in [6, 6.07) is 32.6. The van der Waals surface area contributed by atoms with Gasteiger partial charge in [0.2, 0.25) is 0 Å². The average Bonchev–Trinajstić information content (AvgIpc) is 3.53. The molecule has 3 nitrogen and oxygen atoms in total. The van der Waals surface area contributed by atoms with Crippen LogP contribution in [0.2, 0.25) is 0 Å². The van der Waals surface area contributed by atoms with Crippen LogP contribution in [0.4, 0.5) is 0 Å². The monoisotopic (exact) mass is 449 g/mol. The molecule has 0 amide bonds. The van der Waals surface area contributed by atoms with Gasteiger partial charge in [-0.1, -0.05) is 60.7 Å². The molecule has 5 aromatic carbocycles. The van der Waals surface area contributed by atoms with E-state index in [9.17, 15) is 0 Å². The fraction of sp³-hybridized carbons (Fsp3) is 0. The number of fused-ring (bicyclic) bond motifs is 13. The second kappa shape index (κ2) is 5.79. The highest BCUT2D eigenvalue weighted by molar-refractivity contribution is 7.26. The zero-order valence-corrected chi connectivity index (χ0v) is 18.7. The van der Waals surface area contributed by atoms with Gasteiger partial charge in [-0.3, -0.25) is 4.40 Å². The van der Waals surface area contributed by atoms with Crippen molar-refractivity contribution in [2.75, 3.05) is 0 Å². The molecular formula is C30H15N3S. The quantitative estimate of drug-likeness (QED) is 0.233. The van der Waals surface area contributed by atoms with Crippen LogP contribution in [0.1, 0.15) is 0 Å². The lowest BCUT2D eigenvalue weighted by molar-refractivity contribution is 1.28. The zero-order valence-electron chi connectivity index (χ0n) is 17.9. The van der Waals surface area contributed by atoms with E-state index in [0.29, 0.717) is 0 Å². The molecule has 0 bridgehead atoms. The fourth-order valence-corrected chi connectivity index (χ4v) is 7.05. The Labute approximate surface area is 196 Å². The van der Waals surface area contributed by atoms with Crippen molar-refractivity contribution < 1.29 is 0 Å². The second-order valence-corrected chi connectivity index (χ2v) is 10.1. The van der Waals surface area contributed by atoms with Gasteiger partial charge in [0.1, 0.15) is 5.52 Å². The second-order valence-electron chi connectivity index (χ2n) is 9.02. The first-order valence-electron chi connectivity index (χ1n) is 11.4. The normalized spacial score (nSPS) is 12.7. The van der Waals surface area contributed by atoms with Crippen LogP contribution in [-0.2, 0) is 0 Å². The van der Waals surface area contributed by atoms with Crippen LogP contribution in [0.15, 0.2) is 91.0 Å². The summed E-state index contributed by atoms with van der Waals surface area (Å²) in [5.74, 6) is 0. The van der Waals surface area contributed by atoms with Crippen molar-refractivity contribution in [1.29, 1.82) is 0 Å².